The van der Waals surface area contributed by atoms with Gasteiger partial charge >= 0.3 is 5.97 Å². The summed E-state index contributed by atoms with van der Waals surface area (Å²) in [5.74, 6) is -0.826. The minimum absolute atomic E-state index is 0.469. The third kappa shape index (κ3) is 2.05. The number of aliphatic carboxylic acids is 1. The van der Waals surface area contributed by atoms with Gasteiger partial charge in [0.1, 0.15) is 6.04 Å². The van der Waals surface area contributed by atoms with E-state index in [0.717, 1.165) is 34.1 Å². The summed E-state index contributed by atoms with van der Waals surface area (Å²) in [5.41, 5.74) is 3.58. The summed E-state index contributed by atoms with van der Waals surface area (Å²) in [6.45, 7) is 2.07. The second-order valence-electron chi connectivity index (χ2n) is 6.26. The highest BCUT2D eigenvalue weighted by Gasteiger charge is 2.44. The number of benzene rings is 1. The van der Waals surface area contributed by atoms with E-state index in [0.29, 0.717) is 6.42 Å². The Labute approximate surface area is 139 Å². The van der Waals surface area contributed by atoms with E-state index >= 15 is 0 Å². The third-order valence-electron chi connectivity index (χ3n) is 5.05. The third-order valence-corrected chi connectivity index (χ3v) is 5.05. The Hall–Kier alpha value is -2.66. The minimum atomic E-state index is -0.826. The Kier molecular flexibility index (Phi) is 3.39. The van der Waals surface area contributed by atoms with Crippen LogP contribution in [0.5, 0.6) is 0 Å². The molecule has 0 saturated heterocycles. The van der Waals surface area contributed by atoms with E-state index in [-0.39, 0.29) is 0 Å². The molecule has 1 aliphatic rings. The van der Waals surface area contributed by atoms with Crippen molar-refractivity contribution >= 4 is 16.9 Å². The lowest BCUT2D eigenvalue weighted by Gasteiger charge is -2.41. The summed E-state index contributed by atoms with van der Waals surface area (Å²) in [7, 11) is 0. The maximum absolute atomic E-state index is 11.8. The summed E-state index contributed by atoms with van der Waals surface area (Å²) >= 11 is 0. The van der Waals surface area contributed by atoms with Crippen molar-refractivity contribution in [3.8, 4) is 0 Å². The molecule has 24 heavy (non-hydrogen) atoms. The topological polar surface area (TPSA) is 78.0 Å². The first kappa shape index (κ1) is 14.9. The molecule has 0 bridgehead atoms. The van der Waals surface area contributed by atoms with E-state index in [2.05, 4.69) is 28.3 Å². The van der Waals surface area contributed by atoms with Crippen LogP contribution in [0.15, 0.2) is 48.8 Å². The van der Waals surface area contributed by atoms with Gasteiger partial charge in [-0.1, -0.05) is 31.2 Å². The second kappa shape index (κ2) is 5.46. The smallest absolute Gasteiger partial charge is 0.321 e. The molecule has 0 radical (unpaired) electrons. The van der Waals surface area contributed by atoms with Gasteiger partial charge in [0.25, 0.3) is 0 Å². The summed E-state index contributed by atoms with van der Waals surface area (Å²) in [5, 5.41) is 14.1. The Morgan fingerprint density at radius 3 is 2.88 bits per heavy atom. The Morgan fingerprint density at radius 2 is 2.17 bits per heavy atom. The highest BCUT2D eigenvalue weighted by molar-refractivity contribution is 5.87. The van der Waals surface area contributed by atoms with Gasteiger partial charge in [-0.3, -0.25) is 15.1 Å². The largest absolute Gasteiger partial charge is 0.480 e. The van der Waals surface area contributed by atoms with Gasteiger partial charge in [-0.25, -0.2) is 0 Å². The van der Waals surface area contributed by atoms with E-state index in [1.807, 2.05) is 36.5 Å². The lowest BCUT2D eigenvalue weighted by atomic mass is 9.77. The maximum atomic E-state index is 11.8. The van der Waals surface area contributed by atoms with Gasteiger partial charge in [-0.15, -0.1) is 0 Å². The van der Waals surface area contributed by atoms with Crippen molar-refractivity contribution in [3.63, 3.8) is 0 Å². The summed E-state index contributed by atoms with van der Waals surface area (Å²) < 4.78 is 0. The fourth-order valence-corrected chi connectivity index (χ4v) is 3.88. The molecule has 0 amide bonds. The first-order valence-electron chi connectivity index (χ1n) is 8.17. The molecule has 2 atom stereocenters. The predicted octanol–water partition coefficient (Wildman–Crippen LogP) is 2.82. The van der Waals surface area contributed by atoms with Gasteiger partial charge in [0.05, 0.1) is 5.54 Å². The van der Waals surface area contributed by atoms with E-state index in [1.54, 1.807) is 6.20 Å². The van der Waals surface area contributed by atoms with Crippen molar-refractivity contribution in [2.45, 2.75) is 31.3 Å². The normalized spacial score (nSPS) is 23.1. The molecule has 4 rings (SSSR count). The molecule has 0 aliphatic carbocycles. The van der Waals surface area contributed by atoms with Crippen LogP contribution < -0.4 is 5.32 Å². The molecular weight excluding hydrogens is 302 g/mol. The van der Waals surface area contributed by atoms with E-state index < -0.39 is 17.6 Å². The van der Waals surface area contributed by atoms with Gasteiger partial charge in [0.15, 0.2) is 0 Å². The maximum Gasteiger partial charge on any atom is 0.321 e. The molecule has 5 nitrogen and oxygen atoms in total. The monoisotopic (exact) mass is 321 g/mol. The van der Waals surface area contributed by atoms with Crippen LogP contribution in [-0.4, -0.2) is 27.1 Å². The number of aromatic amines is 1. The zero-order valence-electron chi connectivity index (χ0n) is 13.4. The van der Waals surface area contributed by atoms with Gasteiger partial charge < -0.3 is 10.1 Å². The number of nitrogens with one attached hydrogen (secondary N) is 2. The number of hydrogen-bond acceptors (Lipinski definition) is 3. The number of fused-ring (bicyclic) bond motifs is 3. The van der Waals surface area contributed by atoms with E-state index in [1.165, 1.54) is 0 Å². The van der Waals surface area contributed by atoms with Crippen molar-refractivity contribution in [3.05, 3.63) is 65.6 Å². The number of nitrogens with zero attached hydrogens (tertiary/aromatic N) is 1. The van der Waals surface area contributed by atoms with Crippen LogP contribution in [0.3, 0.4) is 0 Å². The number of rotatable bonds is 3. The SMILES string of the molecule is CCC1(c2cccnc2)NC(C(=O)O)Cc2c1[nH]c1ccccc21. The van der Waals surface area contributed by atoms with Crippen molar-refractivity contribution in [2.75, 3.05) is 0 Å². The molecule has 2 aromatic heterocycles. The lowest BCUT2D eigenvalue weighted by Crippen LogP contribution is -2.56. The standard InChI is InChI=1S/C19H19N3O2/c1-2-19(12-6-5-9-20-11-12)17-14(10-16(22-19)18(23)24)13-7-3-4-8-15(13)21-17/h3-9,11,16,21-22H,2,10H2,1H3,(H,23,24). The van der Waals surface area contributed by atoms with Crippen molar-refractivity contribution in [2.24, 2.45) is 0 Å². The van der Waals surface area contributed by atoms with Gasteiger partial charge in [0.2, 0.25) is 0 Å². The molecule has 5 heteroatoms. The number of para-hydroxylation sites is 1. The number of carbonyl (C=O) groups is 1. The van der Waals surface area contributed by atoms with Crippen LogP contribution in [0.25, 0.3) is 10.9 Å². The van der Waals surface area contributed by atoms with Crippen molar-refractivity contribution < 1.29 is 9.90 Å². The number of pyridine rings is 1. The Balaban J connectivity index is 2.02. The summed E-state index contributed by atoms with van der Waals surface area (Å²) in [4.78, 5) is 19.5. The van der Waals surface area contributed by atoms with Crippen molar-refractivity contribution in [1.29, 1.82) is 0 Å². The highest BCUT2D eigenvalue weighted by Crippen LogP contribution is 2.41. The number of hydrogen-bond donors (Lipinski definition) is 3. The molecule has 3 N–H and O–H groups in total. The first-order valence-corrected chi connectivity index (χ1v) is 8.17. The molecule has 3 heterocycles. The van der Waals surface area contributed by atoms with Gasteiger partial charge in [-0.05, 0) is 29.7 Å². The zero-order chi connectivity index (χ0) is 16.7. The average Bonchev–Trinajstić information content (AvgIpc) is 3.00. The number of aromatic nitrogens is 2. The van der Waals surface area contributed by atoms with Crippen molar-refractivity contribution in [1.82, 2.24) is 15.3 Å². The number of carboxylic acid groups (broad SMARTS) is 1. The zero-order valence-corrected chi connectivity index (χ0v) is 13.4. The quantitative estimate of drug-likeness (QED) is 0.693. The molecule has 2 unspecified atom stereocenters. The fourth-order valence-electron chi connectivity index (χ4n) is 3.88. The van der Waals surface area contributed by atoms with Gasteiger partial charge in [-0.2, -0.15) is 0 Å². The predicted molar refractivity (Wildman–Crippen MR) is 91.9 cm³/mol. The molecular formula is C19H19N3O2. The van der Waals surface area contributed by atoms with Crippen LogP contribution in [0, 0.1) is 0 Å². The second-order valence-corrected chi connectivity index (χ2v) is 6.26. The summed E-state index contributed by atoms with van der Waals surface area (Å²) in [6, 6.07) is 11.3. The molecule has 0 spiro atoms. The van der Waals surface area contributed by atoms with Crippen LogP contribution in [0.1, 0.15) is 30.2 Å². The fraction of sp³-hybridized carbons (Fsp3) is 0.263. The highest BCUT2D eigenvalue weighted by atomic mass is 16.4. The molecule has 1 aromatic carbocycles. The average molecular weight is 321 g/mol. The van der Waals surface area contributed by atoms with Gasteiger partial charge in [0, 0.05) is 35.4 Å². The Bertz CT molecular complexity index is 903. The molecule has 1 aliphatic heterocycles. The van der Waals surface area contributed by atoms with Crippen LogP contribution in [0.4, 0.5) is 0 Å². The van der Waals surface area contributed by atoms with Crippen LogP contribution in [-0.2, 0) is 16.8 Å². The van der Waals surface area contributed by atoms with E-state index in [9.17, 15) is 9.90 Å². The molecule has 0 saturated carbocycles. The van der Waals surface area contributed by atoms with E-state index in [4.69, 9.17) is 0 Å². The molecule has 3 aromatic rings. The first-order chi connectivity index (χ1) is 11.7. The van der Waals surface area contributed by atoms with Crippen LogP contribution in [0.2, 0.25) is 0 Å². The number of carboxylic acids is 1. The minimum Gasteiger partial charge on any atom is -0.480 e. The molecule has 122 valence electrons. The Morgan fingerprint density at radius 1 is 1.33 bits per heavy atom. The summed E-state index contributed by atoms with van der Waals surface area (Å²) in [6.07, 6.45) is 4.74. The lowest BCUT2D eigenvalue weighted by molar-refractivity contribution is -0.140. The van der Waals surface area contributed by atoms with Crippen LogP contribution >= 0.6 is 0 Å². The number of H-pyrrole nitrogens is 1. The molecule has 0 fully saturated rings.